The van der Waals surface area contributed by atoms with Crippen LogP contribution in [0, 0.1) is 11.8 Å². The molecule has 1 aromatic carbocycles. The zero-order valence-corrected chi connectivity index (χ0v) is 21.5. The summed E-state index contributed by atoms with van der Waals surface area (Å²) in [7, 11) is 1.47. The van der Waals surface area contributed by atoms with Gasteiger partial charge in [0.25, 0.3) is 0 Å². The zero-order valence-electron chi connectivity index (χ0n) is 19.1. The van der Waals surface area contributed by atoms with Gasteiger partial charge in [-0.2, -0.15) is 0 Å². The van der Waals surface area contributed by atoms with Gasteiger partial charge in [0.2, 0.25) is 0 Å². The molecule has 2 unspecified atom stereocenters. The van der Waals surface area contributed by atoms with Gasteiger partial charge in [-0.1, -0.05) is 25.1 Å². The Morgan fingerprint density at radius 3 is 2.52 bits per heavy atom. The predicted molar refractivity (Wildman–Crippen MR) is 137 cm³/mol. The Morgan fingerprint density at radius 2 is 1.87 bits per heavy atom. The number of piperazine rings is 1. The van der Waals surface area contributed by atoms with Crippen molar-refractivity contribution in [2.24, 2.45) is 16.8 Å². The number of guanidine groups is 1. The van der Waals surface area contributed by atoms with E-state index in [9.17, 15) is 4.79 Å². The molecule has 8 heteroatoms. The van der Waals surface area contributed by atoms with Crippen molar-refractivity contribution in [3.8, 4) is 0 Å². The van der Waals surface area contributed by atoms with Crippen LogP contribution < -0.4 is 10.2 Å². The first-order valence-electron chi connectivity index (χ1n) is 11.3. The number of nitrogens with one attached hydrogen (secondary N) is 1. The van der Waals surface area contributed by atoms with Crippen molar-refractivity contribution < 1.29 is 9.53 Å². The maximum atomic E-state index is 12.0. The van der Waals surface area contributed by atoms with Gasteiger partial charge in [0.1, 0.15) is 0 Å². The molecule has 0 saturated carbocycles. The number of rotatable bonds is 7. The molecule has 2 aliphatic heterocycles. The maximum Gasteiger partial charge on any atom is 0.310 e. The van der Waals surface area contributed by atoms with Gasteiger partial charge in [-0.25, -0.2) is 0 Å². The van der Waals surface area contributed by atoms with E-state index in [0.717, 1.165) is 64.7 Å². The second-order valence-electron chi connectivity index (χ2n) is 8.27. The molecule has 2 fully saturated rings. The lowest BCUT2D eigenvalue weighted by Crippen LogP contribution is -2.46. The molecule has 2 aliphatic rings. The number of esters is 1. The van der Waals surface area contributed by atoms with Gasteiger partial charge in [-0.15, -0.1) is 24.0 Å². The van der Waals surface area contributed by atoms with Crippen molar-refractivity contribution in [3.63, 3.8) is 0 Å². The van der Waals surface area contributed by atoms with Gasteiger partial charge < -0.3 is 19.9 Å². The molecule has 0 aliphatic carbocycles. The van der Waals surface area contributed by atoms with Gasteiger partial charge in [0.05, 0.1) is 13.0 Å². The van der Waals surface area contributed by atoms with Crippen molar-refractivity contribution in [3.05, 3.63) is 30.3 Å². The minimum absolute atomic E-state index is 0. The first-order chi connectivity index (χ1) is 14.6. The third-order valence-electron chi connectivity index (χ3n) is 6.14. The van der Waals surface area contributed by atoms with E-state index < -0.39 is 0 Å². The highest BCUT2D eigenvalue weighted by Gasteiger charge is 2.36. The monoisotopic (exact) mass is 543 g/mol. The zero-order chi connectivity index (χ0) is 21.3. The molecule has 31 heavy (non-hydrogen) atoms. The molecule has 3 rings (SSSR count). The van der Waals surface area contributed by atoms with Crippen LogP contribution in [0.15, 0.2) is 35.3 Å². The van der Waals surface area contributed by atoms with Crippen molar-refractivity contribution in [2.75, 3.05) is 70.9 Å². The highest BCUT2D eigenvalue weighted by Crippen LogP contribution is 2.24. The summed E-state index contributed by atoms with van der Waals surface area (Å²) in [5, 5.41) is 3.39. The summed E-state index contributed by atoms with van der Waals surface area (Å²) < 4.78 is 4.96. The topological polar surface area (TPSA) is 60.4 Å². The summed E-state index contributed by atoms with van der Waals surface area (Å²) in [5.74, 6) is 1.02. The van der Waals surface area contributed by atoms with E-state index in [4.69, 9.17) is 9.73 Å². The molecule has 174 valence electrons. The molecule has 2 saturated heterocycles. The Morgan fingerprint density at radius 1 is 1.16 bits per heavy atom. The Kier molecular flexibility index (Phi) is 10.9. The first kappa shape index (κ1) is 25.7. The Bertz CT molecular complexity index is 694. The van der Waals surface area contributed by atoms with Gasteiger partial charge in [-0.05, 0) is 31.4 Å². The highest BCUT2D eigenvalue weighted by molar-refractivity contribution is 14.0. The maximum absolute atomic E-state index is 12.0. The number of ether oxygens (including phenoxy) is 1. The van der Waals surface area contributed by atoms with E-state index in [2.05, 4.69) is 64.2 Å². The van der Waals surface area contributed by atoms with E-state index >= 15 is 0 Å². The van der Waals surface area contributed by atoms with Crippen LogP contribution in [0.1, 0.15) is 20.3 Å². The van der Waals surface area contributed by atoms with Crippen LogP contribution in [-0.2, 0) is 9.53 Å². The number of aliphatic imine (C=N–C) groups is 1. The summed E-state index contributed by atoms with van der Waals surface area (Å²) >= 11 is 0. The molecule has 7 nitrogen and oxygen atoms in total. The molecule has 1 aromatic rings. The normalized spacial score (nSPS) is 22.2. The molecule has 0 spiro atoms. The SMILES string of the molecule is CCNC(=NCCCN1CCN(c2ccccc2)CC1)N1CC(C)C(C(=O)OC)C1.I. The number of benzene rings is 1. The third-order valence-corrected chi connectivity index (χ3v) is 6.14. The fraction of sp³-hybridized carbons (Fsp3) is 0.652. The quantitative estimate of drug-likeness (QED) is 0.188. The van der Waals surface area contributed by atoms with Crippen LogP contribution in [-0.4, -0.2) is 87.7 Å². The van der Waals surface area contributed by atoms with Gasteiger partial charge in [0.15, 0.2) is 5.96 Å². The second kappa shape index (κ2) is 13.1. The largest absolute Gasteiger partial charge is 0.469 e. The minimum Gasteiger partial charge on any atom is -0.469 e. The standard InChI is InChI=1S/C23H37N5O2.HI/c1-4-24-23(28-17-19(2)21(18-28)22(29)30-3)25-11-8-12-26-13-15-27(16-14-26)20-9-6-5-7-10-20;/h5-7,9-10,19,21H,4,8,11-18H2,1-3H3,(H,24,25);1H. The summed E-state index contributed by atoms with van der Waals surface area (Å²) in [4.78, 5) is 24.0. The second-order valence-corrected chi connectivity index (χ2v) is 8.27. The molecule has 0 aromatic heterocycles. The average Bonchev–Trinajstić information content (AvgIpc) is 3.18. The number of likely N-dealkylation sites (tertiary alicyclic amines) is 1. The highest BCUT2D eigenvalue weighted by atomic mass is 127. The van der Waals surface area contributed by atoms with Gasteiger partial charge in [-0.3, -0.25) is 14.7 Å². The first-order valence-corrected chi connectivity index (χ1v) is 11.3. The molecular weight excluding hydrogens is 505 g/mol. The van der Waals surface area contributed by atoms with E-state index in [1.165, 1.54) is 12.8 Å². The Labute approximate surface area is 204 Å². The molecular formula is C23H38IN5O2. The third kappa shape index (κ3) is 7.24. The van der Waals surface area contributed by atoms with Crippen LogP contribution in [0.4, 0.5) is 5.69 Å². The minimum atomic E-state index is -0.115. The van der Waals surface area contributed by atoms with Crippen molar-refractivity contribution in [1.29, 1.82) is 0 Å². The molecule has 1 N–H and O–H groups in total. The van der Waals surface area contributed by atoms with Gasteiger partial charge >= 0.3 is 5.97 Å². The number of halogens is 1. The molecule has 2 atom stereocenters. The molecule has 0 amide bonds. The Balaban J connectivity index is 0.00000341. The van der Waals surface area contributed by atoms with E-state index in [-0.39, 0.29) is 41.8 Å². The summed E-state index contributed by atoms with van der Waals surface area (Å²) in [6.07, 6.45) is 1.05. The predicted octanol–water partition coefficient (Wildman–Crippen LogP) is 2.52. The lowest BCUT2D eigenvalue weighted by atomic mass is 9.99. The van der Waals surface area contributed by atoms with Gasteiger partial charge in [0, 0.05) is 64.6 Å². The van der Waals surface area contributed by atoms with E-state index in [1.54, 1.807) is 0 Å². The van der Waals surface area contributed by atoms with Crippen LogP contribution in [0.25, 0.3) is 0 Å². The van der Waals surface area contributed by atoms with Crippen molar-refractivity contribution >= 4 is 41.6 Å². The number of carbonyl (C=O) groups excluding carboxylic acids is 1. The van der Waals surface area contributed by atoms with Crippen molar-refractivity contribution in [1.82, 2.24) is 15.1 Å². The van der Waals surface area contributed by atoms with Crippen LogP contribution in [0.2, 0.25) is 0 Å². The number of para-hydroxylation sites is 1. The number of hydrogen-bond donors (Lipinski definition) is 1. The lowest BCUT2D eigenvalue weighted by molar-refractivity contribution is -0.145. The van der Waals surface area contributed by atoms with E-state index in [1.807, 2.05) is 0 Å². The number of carbonyl (C=O) groups is 1. The summed E-state index contributed by atoms with van der Waals surface area (Å²) in [6, 6.07) is 10.7. The average molecular weight is 543 g/mol. The summed E-state index contributed by atoms with van der Waals surface area (Å²) in [5.41, 5.74) is 1.32. The number of hydrogen-bond acceptors (Lipinski definition) is 5. The van der Waals surface area contributed by atoms with Crippen LogP contribution >= 0.6 is 24.0 Å². The van der Waals surface area contributed by atoms with Crippen LogP contribution in [0.5, 0.6) is 0 Å². The molecule has 2 heterocycles. The van der Waals surface area contributed by atoms with E-state index in [0.29, 0.717) is 6.54 Å². The Hall–Kier alpha value is -1.55. The summed E-state index contributed by atoms with van der Waals surface area (Å²) in [6.45, 7) is 12.8. The van der Waals surface area contributed by atoms with Crippen molar-refractivity contribution in [2.45, 2.75) is 20.3 Å². The molecule has 0 radical (unpaired) electrons. The molecule has 0 bridgehead atoms. The fourth-order valence-electron chi connectivity index (χ4n) is 4.37. The fourth-order valence-corrected chi connectivity index (χ4v) is 4.37. The smallest absolute Gasteiger partial charge is 0.310 e. The number of nitrogens with zero attached hydrogens (tertiary/aromatic N) is 4. The number of anilines is 1. The lowest BCUT2D eigenvalue weighted by Gasteiger charge is -2.36. The number of methoxy groups -OCH3 is 1. The van der Waals surface area contributed by atoms with Crippen LogP contribution in [0.3, 0.4) is 0 Å².